The van der Waals surface area contributed by atoms with E-state index in [0.717, 1.165) is 10.5 Å². The molecule has 94 valence electrons. The number of carbonyl (C=O) groups is 1. The van der Waals surface area contributed by atoms with E-state index in [9.17, 15) is 4.79 Å². The smallest absolute Gasteiger partial charge is 0.251 e. The summed E-state index contributed by atoms with van der Waals surface area (Å²) in [6.07, 6.45) is 5.31. The summed E-state index contributed by atoms with van der Waals surface area (Å²) in [6, 6.07) is 5.55. The number of carbonyl (C=O) groups excluding carboxylic acids is 1. The molecule has 5 heteroatoms. The summed E-state index contributed by atoms with van der Waals surface area (Å²) in [6.45, 7) is 3.20. The predicted octanol–water partition coefficient (Wildman–Crippen LogP) is 1.91. The summed E-state index contributed by atoms with van der Waals surface area (Å²) < 4.78 is 1.92. The fourth-order valence-electron chi connectivity index (χ4n) is 1.67. The third-order valence-electron chi connectivity index (χ3n) is 2.68. The van der Waals surface area contributed by atoms with E-state index in [4.69, 9.17) is 0 Å². The summed E-state index contributed by atoms with van der Waals surface area (Å²) in [5, 5.41) is 2.88. The van der Waals surface area contributed by atoms with Gasteiger partial charge in [-0.05, 0) is 24.6 Å². The van der Waals surface area contributed by atoms with Crippen LogP contribution in [0.2, 0.25) is 0 Å². The maximum atomic E-state index is 12.0. The fraction of sp³-hybridized carbons (Fsp3) is 0.231. The van der Waals surface area contributed by atoms with Crippen molar-refractivity contribution in [2.45, 2.75) is 18.4 Å². The minimum atomic E-state index is -0.0662. The lowest BCUT2D eigenvalue weighted by atomic mass is 10.1. The van der Waals surface area contributed by atoms with Crippen LogP contribution in [-0.2, 0) is 6.54 Å². The molecule has 0 aliphatic carbocycles. The van der Waals surface area contributed by atoms with Crippen molar-refractivity contribution in [2.24, 2.45) is 0 Å². The zero-order valence-electron chi connectivity index (χ0n) is 10.1. The third-order valence-corrected chi connectivity index (χ3v) is 2.96. The van der Waals surface area contributed by atoms with Crippen molar-refractivity contribution in [1.82, 2.24) is 14.9 Å². The zero-order chi connectivity index (χ0) is 13.0. The van der Waals surface area contributed by atoms with Gasteiger partial charge in [0.1, 0.15) is 0 Å². The van der Waals surface area contributed by atoms with Crippen molar-refractivity contribution in [3.05, 3.63) is 48.0 Å². The number of nitrogens with one attached hydrogen (secondary N) is 1. The van der Waals surface area contributed by atoms with Crippen LogP contribution in [0.15, 0.2) is 41.8 Å². The largest absolute Gasteiger partial charge is 0.350 e. The second-order valence-corrected chi connectivity index (χ2v) is 4.57. The number of hydrogen-bond acceptors (Lipinski definition) is 3. The summed E-state index contributed by atoms with van der Waals surface area (Å²) in [4.78, 5) is 16.7. The fourth-order valence-corrected chi connectivity index (χ4v) is 1.87. The molecule has 0 atom stereocenters. The molecule has 1 N–H and O–H groups in total. The molecule has 4 nitrogen and oxygen atoms in total. The number of aryl methyl sites for hydroxylation is 1. The quantitative estimate of drug-likeness (QED) is 0.826. The second-order valence-electron chi connectivity index (χ2n) is 4.06. The average Bonchev–Trinajstić information content (AvgIpc) is 2.85. The van der Waals surface area contributed by atoms with Crippen LogP contribution < -0.4 is 5.32 Å². The number of nitrogens with zero attached hydrogens (tertiary/aromatic N) is 2. The van der Waals surface area contributed by atoms with Gasteiger partial charge in [-0.3, -0.25) is 4.79 Å². The molecular weight excluding hydrogens is 246 g/mol. The highest BCUT2D eigenvalue weighted by atomic mass is 32.1. The molecule has 0 unspecified atom stereocenters. The molecular formula is C13H15N3OS. The van der Waals surface area contributed by atoms with Gasteiger partial charge >= 0.3 is 0 Å². The number of benzene rings is 1. The van der Waals surface area contributed by atoms with Gasteiger partial charge < -0.3 is 9.88 Å². The number of rotatable bonds is 4. The predicted molar refractivity (Wildman–Crippen MR) is 73.0 cm³/mol. The second kappa shape index (κ2) is 5.73. The van der Waals surface area contributed by atoms with Gasteiger partial charge in [0.05, 0.1) is 6.33 Å². The first-order chi connectivity index (χ1) is 8.66. The van der Waals surface area contributed by atoms with Gasteiger partial charge in [0.15, 0.2) is 0 Å². The van der Waals surface area contributed by atoms with E-state index < -0.39 is 0 Å². The molecule has 2 rings (SSSR count). The van der Waals surface area contributed by atoms with Crippen LogP contribution in [0.1, 0.15) is 15.9 Å². The highest BCUT2D eigenvalue weighted by Gasteiger charge is 2.08. The molecule has 2 aromatic rings. The lowest BCUT2D eigenvalue weighted by molar-refractivity contribution is 0.0951. The van der Waals surface area contributed by atoms with Crippen LogP contribution in [0.4, 0.5) is 0 Å². The number of imidazole rings is 1. The molecule has 1 heterocycles. The molecule has 0 spiro atoms. The molecule has 0 bridgehead atoms. The highest BCUT2D eigenvalue weighted by molar-refractivity contribution is 7.80. The van der Waals surface area contributed by atoms with Crippen molar-refractivity contribution >= 4 is 18.5 Å². The molecule has 0 fully saturated rings. The van der Waals surface area contributed by atoms with Crippen LogP contribution in [0.3, 0.4) is 0 Å². The van der Waals surface area contributed by atoms with Crippen molar-refractivity contribution in [3.8, 4) is 0 Å². The van der Waals surface area contributed by atoms with E-state index in [-0.39, 0.29) is 5.91 Å². The van der Waals surface area contributed by atoms with E-state index in [1.165, 1.54) is 0 Å². The lowest BCUT2D eigenvalue weighted by Crippen LogP contribution is -2.27. The molecule has 0 aliphatic rings. The Bertz CT molecular complexity index is 537. The molecule has 1 aromatic heterocycles. The Balaban J connectivity index is 1.93. The van der Waals surface area contributed by atoms with Crippen molar-refractivity contribution in [1.29, 1.82) is 0 Å². The summed E-state index contributed by atoms with van der Waals surface area (Å²) in [5.41, 5.74) is 1.63. The normalized spacial score (nSPS) is 10.3. The highest BCUT2D eigenvalue weighted by Crippen LogP contribution is 2.13. The Morgan fingerprint density at radius 1 is 1.50 bits per heavy atom. The topological polar surface area (TPSA) is 46.9 Å². The monoisotopic (exact) mass is 261 g/mol. The molecule has 18 heavy (non-hydrogen) atoms. The van der Waals surface area contributed by atoms with Crippen molar-refractivity contribution < 1.29 is 4.79 Å². The summed E-state index contributed by atoms with van der Waals surface area (Å²) in [5.74, 6) is -0.0662. The third kappa shape index (κ3) is 3.13. The lowest BCUT2D eigenvalue weighted by Gasteiger charge is -2.08. The molecule has 0 saturated carbocycles. The van der Waals surface area contributed by atoms with Crippen LogP contribution in [0.25, 0.3) is 0 Å². The van der Waals surface area contributed by atoms with E-state index in [1.54, 1.807) is 18.6 Å². The summed E-state index contributed by atoms with van der Waals surface area (Å²) >= 11 is 4.24. The first-order valence-electron chi connectivity index (χ1n) is 5.70. The first kappa shape index (κ1) is 12.7. The number of hydrogen-bond donors (Lipinski definition) is 2. The van der Waals surface area contributed by atoms with Crippen LogP contribution in [-0.4, -0.2) is 22.0 Å². The Morgan fingerprint density at radius 3 is 3.06 bits per heavy atom. The minimum absolute atomic E-state index is 0.0662. The van der Waals surface area contributed by atoms with Crippen molar-refractivity contribution in [3.63, 3.8) is 0 Å². The molecule has 1 amide bonds. The molecule has 1 aromatic carbocycles. The maximum Gasteiger partial charge on any atom is 0.251 e. The minimum Gasteiger partial charge on any atom is -0.350 e. The van der Waals surface area contributed by atoms with Crippen molar-refractivity contribution in [2.75, 3.05) is 6.54 Å². The Labute approximate surface area is 111 Å². The van der Waals surface area contributed by atoms with E-state index in [0.29, 0.717) is 18.7 Å². The van der Waals surface area contributed by atoms with Gasteiger partial charge in [-0.2, -0.15) is 0 Å². The standard InChI is InChI=1S/C13H15N3OS/c1-10-2-3-11(18)8-12(10)13(17)15-5-7-16-6-4-14-9-16/h2-4,6,8-9,18H,5,7H2,1H3,(H,15,17). The molecule has 0 radical (unpaired) electrons. The summed E-state index contributed by atoms with van der Waals surface area (Å²) in [7, 11) is 0. The van der Waals surface area contributed by atoms with Crippen LogP contribution >= 0.6 is 12.6 Å². The average molecular weight is 261 g/mol. The van der Waals surface area contributed by atoms with Gasteiger partial charge in [-0.25, -0.2) is 4.98 Å². The Hall–Kier alpha value is -1.75. The van der Waals surface area contributed by atoms with Gasteiger partial charge in [-0.1, -0.05) is 6.07 Å². The Kier molecular flexibility index (Phi) is 4.04. The van der Waals surface area contributed by atoms with E-state index in [1.807, 2.05) is 29.8 Å². The first-order valence-corrected chi connectivity index (χ1v) is 6.15. The van der Waals surface area contributed by atoms with Crippen LogP contribution in [0.5, 0.6) is 0 Å². The van der Waals surface area contributed by atoms with Gasteiger partial charge in [0.2, 0.25) is 0 Å². The van der Waals surface area contributed by atoms with Gasteiger partial charge in [0, 0.05) is 35.9 Å². The van der Waals surface area contributed by atoms with E-state index in [2.05, 4.69) is 22.9 Å². The number of amides is 1. The molecule has 0 aliphatic heterocycles. The van der Waals surface area contributed by atoms with E-state index >= 15 is 0 Å². The zero-order valence-corrected chi connectivity index (χ0v) is 11.0. The van der Waals surface area contributed by atoms with Gasteiger partial charge in [0.25, 0.3) is 5.91 Å². The number of thiol groups is 1. The van der Waals surface area contributed by atoms with Gasteiger partial charge in [-0.15, -0.1) is 12.6 Å². The molecule has 0 saturated heterocycles. The van der Waals surface area contributed by atoms with Crippen LogP contribution in [0, 0.1) is 6.92 Å². The number of aromatic nitrogens is 2. The SMILES string of the molecule is Cc1ccc(S)cc1C(=O)NCCn1ccnc1. The Morgan fingerprint density at radius 2 is 2.33 bits per heavy atom. The maximum absolute atomic E-state index is 12.0.